The highest BCUT2D eigenvalue weighted by atomic mass is 16.7. The number of carbonyl (C=O) groups excluding carboxylic acids is 5. The molecule has 0 bridgehead atoms. The molecule has 0 saturated carbocycles. The van der Waals surface area contributed by atoms with Crippen LogP contribution < -0.4 is 9.47 Å². The Balaban J connectivity index is 1.99. The second-order valence-electron chi connectivity index (χ2n) is 9.30. The minimum absolute atomic E-state index is 0.228. The summed E-state index contributed by atoms with van der Waals surface area (Å²) in [4.78, 5) is 59.6. The number of rotatable bonds is 12. The molecular formula is C30H34O13. The molecule has 0 amide bonds. The Morgan fingerprint density at radius 1 is 0.744 bits per heavy atom. The molecule has 0 N–H and O–H groups in total. The summed E-state index contributed by atoms with van der Waals surface area (Å²) in [6.45, 7) is 5.85. The lowest BCUT2D eigenvalue weighted by Crippen LogP contribution is -2.63. The minimum atomic E-state index is -1.41. The standard InChI is InChI=1S/C30H34O13/c1-6-36-26(35)16-38-22-11-9-10-21(14-22)23-12-7-8-13-24(23)42-30-29(41-20(5)34)28(40-19(4)33)27(39-18(3)32)25(43-30)15-37-17(2)31/h7-14,25,27-30H,6,15-16H2,1-5H3/t25-,27-,28+,29+,30-/m1/s1. The van der Waals surface area contributed by atoms with Crippen molar-refractivity contribution in [3.05, 3.63) is 48.5 Å². The first-order valence-corrected chi connectivity index (χ1v) is 13.4. The van der Waals surface area contributed by atoms with E-state index in [9.17, 15) is 24.0 Å². The van der Waals surface area contributed by atoms with E-state index in [0.29, 0.717) is 16.9 Å². The van der Waals surface area contributed by atoms with Gasteiger partial charge in [-0.1, -0.05) is 30.3 Å². The van der Waals surface area contributed by atoms with Gasteiger partial charge in [0.1, 0.15) is 24.2 Å². The second-order valence-corrected chi connectivity index (χ2v) is 9.30. The van der Waals surface area contributed by atoms with Crippen LogP contribution >= 0.6 is 0 Å². The summed E-state index contributed by atoms with van der Waals surface area (Å²) in [6, 6.07) is 13.7. The normalized spacial score (nSPS) is 21.1. The fraction of sp³-hybridized carbons (Fsp3) is 0.433. The highest BCUT2D eigenvalue weighted by Gasteiger charge is 2.53. The van der Waals surface area contributed by atoms with Crippen LogP contribution in [-0.4, -0.2) is 80.4 Å². The van der Waals surface area contributed by atoms with Gasteiger partial charge in [0.05, 0.1) is 6.61 Å². The van der Waals surface area contributed by atoms with Crippen molar-refractivity contribution in [3.63, 3.8) is 0 Å². The van der Waals surface area contributed by atoms with Gasteiger partial charge >= 0.3 is 29.8 Å². The average molecular weight is 603 g/mol. The van der Waals surface area contributed by atoms with Gasteiger partial charge in [0, 0.05) is 33.3 Å². The third kappa shape index (κ3) is 9.70. The van der Waals surface area contributed by atoms with E-state index in [-0.39, 0.29) is 25.6 Å². The number of benzene rings is 2. The zero-order valence-electron chi connectivity index (χ0n) is 24.4. The highest BCUT2D eigenvalue weighted by Crippen LogP contribution is 2.36. The summed E-state index contributed by atoms with van der Waals surface area (Å²) in [5.41, 5.74) is 1.21. The third-order valence-corrected chi connectivity index (χ3v) is 5.89. The topological polar surface area (TPSA) is 159 Å². The van der Waals surface area contributed by atoms with Crippen LogP contribution in [0.15, 0.2) is 48.5 Å². The van der Waals surface area contributed by atoms with E-state index in [4.69, 9.17) is 37.9 Å². The quantitative estimate of drug-likeness (QED) is 0.258. The molecule has 0 radical (unpaired) electrons. The SMILES string of the molecule is CCOC(=O)COc1cccc(-c2ccccc2O[C@@H]2O[C@H](COC(C)=O)[C@@H](OC(C)=O)[C@H](OC(C)=O)[C@@H]2OC(C)=O)c1. The van der Waals surface area contributed by atoms with E-state index >= 15 is 0 Å². The van der Waals surface area contributed by atoms with Crippen LogP contribution in [0, 0.1) is 0 Å². The number of para-hydroxylation sites is 1. The van der Waals surface area contributed by atoms with Gasteiger partial charge < -0.3 is 37.9 Å². The fourth-order valence-corrected chi connectivity index (χ4v) is 4.31. The molecule has 13 nitrogen and oxygen atoms in total. The van der Waals surface area contributed by atoms with Crippen LogP contribution in [0.1, 0.15) is 34.6 Å². The second kappa shape index (κ2) is 15.5. The Hall–Kier alpha value is -4.65. The Morgan fingerprint density at radius 3 is 2.05 bits per heavy atom. The van der Waals surface area contributed by atoms with Crippen molar-refractivity contribution in [2.24, 2.45) is 0 Å². The van der Waals surface area contributed by atoms with Gasteiger partial charge in [-0.3, -0.25) is 19.2 Å². The average Bonchev–Trinajstić information content (AvgIpc) is 2.94. The predicted molar refractivity (Wildman–Crippen MR) is 147 cm³/mol. The van der Waals surface area contributed by atoms with Crippen LogP contribution in [0.25, 0.3) is 11.1 Å². The smallest absolute Gasteiger partial charge is 0.344 e. The van der Waals surface area contributed by atoms with E-state index in [2.05, 4.69) is 0 Å². The summed E-state index contributed by atoms with van der Waals surface area (Å²) >= 11 is 0. The lowest BCUT2D eigenvalue weighted by molar-refractivity contribution is -0.288. The molecule has 5 atom stereocenters. The predicted octanol–water partition coefficient (Wildman–Crippen LogP) is 2.76. The molecule has 0 aromatic heterocycles. The first-order valence-electron chi connectivity index (χ1n) is 13.4. The largest absolute Gasteiger partial charge is 0.482 e. The molecule has 43 heavy (non-hydrogen) atoms. The molecule has 13 heteroatoms. The molecule has 1 saturated heterocycles. The van der Waals surface area contributed by atoms with Crippen LogP contribution in [0.3, 0.4) is 0 Å². The maximum absolute atomic E-state index is 12.1. The van der Waals surface area contributed by atoms with E-state index < -0.39 is 60.6 Å². The van der Waals surface area contributed by atoms with Crippen LogP contribution in [-0.2, 0) is 52.4 Å². The van der Waals surface area contributed by atoms with Gasteiger partial charge in [-0.2, -0.15) is 0 Å². The van der Waals surface area contributed by atoms with Gasteiger partial charge in [-0.25, -0.2) is 4.79 Å². The summed E-state index contributed by atoms with van der Waals surface area (Å²) in [5.74, 6) is -2.73. The Morgan fingerprint density at radius 2 is 1.40 bits per heavy atom. The molecular weight excluding hydrogens is 568 g/mol. The molecule has 3 rings (SSSR count). The zero-order valence-corrected chi connectivity index (χ0v) is 24.4. The molecule has 0 unspecified atom stereocenters. The number of ether oxygens (including phenoxy) is 8. The molecule has 1 heterocycles. The molecule has 2 aromatic carbocycles. The number of carbonyl (C=O) groups is 5. The first kappa shape index (κ1) is 32.9. The molecule has 0 spiro atoms. The summed E-state index contributed by atoms with van der Waals surface area (Å²) in [6.07, 6.45) is -6.66. The number of hydrogen-bond acceptors (Lipinski definition) is 13. The summed E-state index contributed by atoms with van der Waals surface area (Å²) in [5, 5.41) is 0. The van der Waals surface area contributed by atoms with Crippen molar-refractivity contribution in [3.8, 4) is 22.6 Å². The lowest BCUT2D eigenvalue weighted by atomic mass is 9.98. The maximum Gasteiger partial charge on any atom is 0.344 e. The van der Waals surface area contributed by atoms with Gasteiger partial charge in [0.25, 0.3) is 0 Å². The number of esters is 5. The monoisotopic (exact) mass is 602 g/mol. The molecule has 1 aliphatic heterocycles. The third-order valence-electron chi connectivity index (χ3n) is 5.89. The summed E-state index contributed by atoms with van der Waals surface area (Å²) < 4.78 is 44.2. The maximum atomic E-state index is 12.1. The van der Waals surface area contributed by atoms with E-state index in [0.717, 1.165) is 20.8 Å². The molecule has 2 aromatic rings. The van der Waals surface area contributed by atoms with Gasteiger partial charge in [-0.05, 0) is 30.7 Å². The fourth-order valence-electron chi connectivity index (χ4n) is 4.31. The van der Waals surface area contributed by atoms with Crippen molar-refractivity contribution < 1.29 is 61.9 Å². The van der Waals surface area contributed by atoms with Crippen LogP contribution in [0.5, 0.6) is 11.5 Å². The van der Waals surface area contributed by atoms with Crippen molar-refractivity contribution in [1.82, 2.24) is 0 Å². The van der Waals surface area contributed by atoms with Crippen molar-refractivity contribution in [2.45, 2.75) is 65.3 Å². The van der Waals surface area contributed by atoms with E-state index in [1.807, 2.05) is 0 Å². The number of hydrogen-bond donors (Lipinski definition) is 0. The van der Waals surface area contributed by atoms with Gasteiger partial charge in [0.2, 0.25) is 12.4 Å². The Bertz CT molecular complexity index is 1310. The summed E-state index contributed by atoms with van der Waals surface area (Å²) in [7, 11) is 0. The zero-order chi connectivity index (χ0) is 31.5. The molecule has 1 fully saturated rings. The van der Waals surface area contributed by atoms with Crippen LogP contribution in [0.2, 0.25) is 0 Å². The first-order chi connectivity index (χ1) is 20.5. The molecule has 0 aliphatic carbocycles. The Labute approximate surface area is 248 Å². The van der Waals surface area contributed by atoms with E-state index in [1.54, 1.807) is 55.5 Å². The minimum Gasteiger partial charge on any atom is -0.482 e. The van der Waals surface area contributed by atoms with E-state index in [1.165, 1.54) is 6.92 Å². The lowest BCUT2D eigenvalue weighted by Gasteiger charge is -2.44. The van der Waals surface area contributed by atoms with Crippen molar-refractivity contribution in [2.75, 3.05) is 19.8 Å². The van der Waals surface area contributed by atoms with Crippen LogP contribution in [0.4, 0.5) is 0 Å². The molecule has 232 valence electrons. The molecule has 1 aliphatic rings. The van der Waals surface area contributed by atoms with Crippen molar-refractivity contribution in [1.29, 1.82) is 0 Å². The van der Waals surface area contributed by atoms with Crippen molar-refractivity contribution >= 4 is 29.8 Å². The highest BCUT2D eigenvalue weighted by molar-refractivity contribution is 5.73. The van der Waals surface area contributed by atoms with Gasteiger partial charge in [-0.15, -0.1) is 0 Å². The Kier molecular flexibility index (Phi) is 11.9. The van der Waals surface area contributed by atoms with Gasteiger partial charge in [0.15, 0.2) is 18.8 Å².